The minimum atomic E-state index is -0.193. The van der Waals surface area contributed by atoms with Crippen molar-refractivity contribution in [2.24, 2.45) is 0 Å². The normalized spacial score (nSPS) is 10.4. The maximum Gasteiger partial charge on any atom is 0.319 e. The van der Waals surface area contributed by atoms with Crippen molar-refractivity contribution in [2.75, 3.05) is 18.5 Å². The van der Waals surface area contributed by atoms with Crippen LogP contribution in [-0.2, 0) is 0 Å². The second-order valence-corrected chi connectivity index (χ2v) is 5.67. The topological polar surface area (TPSA) is 50.4 Å². The summed E-state index contributed by atoms with van der Waals surface area (Å²) in [6.07, 6.45) is 0.759. The van der Waals surface area contributed by atoms with Crippen LogP contribution in [0, 0.1) is 0 Å². The monoisotopic (exact) mass is 312 g/mol. The maximum absolute atomic E-state index is 11.8. The Bertz CT molecular complexity index is 595. The molecule has 2 amide bonds. The molecule has 0 aliphatic carbocycles. The van der Waals surface area contributed by atoms with Crippen LogP contribution < -0.4 is 15.4 Å². The Balaban J connectivity index is 1.63. The van der Waals surface area contributed by atoms with Crippen molar-refractivity contribution in [2.45, 2.75) is 26.2 Å². The van der Waals surface area contributed by atoms with Crippen LogP contribution in [0.3, 0.4) is 0 Å². The number of benzene rings is 2. The van der Waals surface area contributed by atoms with Gasteiger partial charge < -0.3 is 15.4 Å². The molecule has 0 unspecified atom stereocenters. The zero-order valence-corrected chi connectivity index (χ0v) is 13.7. The van der Waals surface area contributed by atoms with Gasteiger partial charge in [0, 0.05) is 12.2 Å². The van der Waals surface area contributed by atoms with Gasteiger partial charge in [-0.15, -0.1) is 0 Å². The molecule has 0 saturated heterocycles. The first kappa shape index (κ1) is 16.9. The molecule has 0 saturated carbocycles. The Morgan fingerprint density at radius 2 is 1.74 bits per heavy atom. The van der Waals surface area contributed by atoms with Crippen molar-refractivity contribution < 1.29 is 9.53 Å². The zero-order chi connectivity index (χ0) is 16.5. The average molecular weight is 312 g/mol. The summed E-state index contributed by atoms with van der Waals surface area (Å²) in [6.45, 7) is 5.44. The number of carbonyl (C=O) groups excluding carboxylic acids is 1. The molecule has 0 heterocycles. The molecule has 0 spiro atoms. The molecular formula is C19H24N2O2. The van der Waals surface area contributed by atoms with Crippen LogP contribution in [0.1, 0.15) is 31.7 Å². The van der Waals surface area contributed by atoms with E-state index >= 15 is 0 Å². The summed E-state index contributed by atoms with van der Waals surface area (Å²) in [4.78, 5) is 11.8. The van der Waals surface area contributed by atoms with E-state index in [2.05, 4.69) is 24.5 Å². The highest BCUT2D eigenvalue weighted by Gasteiger charge is 2.02. The Labute approximate surface area is 137 Å². The lowest BCUT2D eigenvalue weighted by molar-refractivity contribution is 0.250. The number of ether oxygens (including phenoxy) is 1. The molecular weight excluding hydrogens is 288 g/mol. The van der Waals surface area contributed by atoms with Crippen molar-refractivity contribution in [1.82, 2.24) is 5.32 Å². The first-order valence-corrected chi connectivity index (χ1v) is 7.98. The highest BCUT2D eigenvalue weighted by atomic mass is 16.5. The molecule has 2 aromatic rings. The Morgan fingerprint density at radius 1 is 1.04 bits per heavy atom. The van der Waals surface area contributed by atoms with Gasteiger partial charge in [0.2, 0.25) is 0 Å². The molecule has 0 aliphatic rings. The van der Waals surface area contributed by atoms with E-state index in [4.69, 9.17) is 4.74 Å². The predicted molar refractivity (Wildman–Crippen MR) is 94.1 cm³/mol. The molecule has 23 heavy (non-hydrogen) atoms. The fourth-order valence-corrected chi connectivity index (χ4v) is 2.11. The summed E-state index contributed by atoms with van der Waals surface area (Å²) in [5.74, 6) is 1.34. The number of urea groups is 1. The third kappa shape index (κ3) is 6.02. The number of nitrogens with one attached hydrogen (secondary N) is 2. The van der Waals surface area contributed by atoms with E-state index < -0.39 is 0 Å². The number of rotatable bonds is 7. The van der Waals surface area contributed by atoms with Crippen LogP contribution in [-0.4, -0.2) is 19.2 Å². The molecule has 0 atom stereocenters. The second-order valence-electron chi connectivity index (χ2n) is 5.67. The Morgan fingerprint density at radius 3 is 2.39 bits per heavy atom. The molecule has 122 valence electrons. The molecule has 0 fully saturated rings. The lowest BCUT2D eigenvalue weighted by Gasteiger charge is -2.10. The maximum atomic E-state index is 11.8. The minimum absolute atomic E-state index is 0.193. The van der Waals surface area contributed by atoms with Crippen LogP contribution in [0.25, 0.3) is 0 Å². The van der Waals surface area contributed by atoms with Gasteiger partial charge in [0.25, 0.3) is 0 Å². The number of hydrogen-bond acceptors (Lipinski definition) is 2. The summed E-state index contributed by atoms with van der Waals surface area (Å²) in [5.41, 5.74) is 2.06. The van der Waals surface area contributed by atoms with Gasteiger partial charge in [0.15, 0.2) is 0 Å². The first-order valence-electron chi connectivity index (χ1n) is 7.98. The van der Waals surface area contributed by atoms with E-state index in [0.717, 1.165) is 17.9 Å². The highest BCUT2D eigenvalue weighted by molar-refractivity contribution is 5.89. The molecule has 0 aromatic heterocycles. The summed E-state index contributed by atoms with van der Waals surface area (Å²) in [6, 6.07) is 17.4. The minimum Gasteiger partial charge on any atom is -0.494 e. The van der Waals surface area contributed by atoms with Gasteiger partial charge in [0.1, 0.15) is 5.75 Å². The molecule has 2 aromatic carbocycles. The van der Waals surface area contributed by atoms with Gasteiger partial charge in [0.05, 0.1) is 6.61 Å². The Hall–Kier alpha value is -2.49. The van der Waals surface area contributed by atoms with Crippen molar-refractivity contribution >= 4 is 11.7 Å². The first-order chi connectivity index (χ1) is 11.1. The largest absolute Gasteiger partial charge is 0.494 e. The average Bonchev–Trinajstić information content (AvgIpc) is 2.56. The van der Waals surface area contributed by atoms with Crippen LogP contribution >= 0.6 is 0 Å². The van der Waals surface area contributed by atoms with Crippen LogP contribution in [0.2, 0.25) is 0 Å². The fraction of sp³-hybridized carbons (Fsp3) is 0.316. The molecule has 4 heteroatoms. The number of carbonyl (C=O) groups is 1. The molecule has 0 radical (unpaired) electrons. The fourth-order valence-electron chi connectivity index (χ4n) is 2.11. The molecule has 0 bridgehead atoms. The standard InChI is InChI=1S/C19H24N2O2/c1-15(2)16-9-11-17(12-10-16)21-19(22)20-13-6-14-23-18-7-4-3-5-8-18/h3-5,7-12,15H,6,13-14H2,1-2H3,(H2,20,21,22). The van der Waals surface area contributed by atoms with Crippen LogP contribution in [0.5, 0.6) is 5.75 Å². The van der Waals surface area contributed by atoms with Gasteiger partial charge in [-0.25, -0.2) is 4.79 Å². The number of amides is 2. The number of para-hydroxylation sites is 1. The molecule has 4 nitrogen and oxygen atoms in total. The third-order valence-corrected chi connectivity index (χ3v) is 3.45. The van der Waals surface area contributed by atoms with Crippen molar-refractivity contribution in [3.63, 3.8) is 0 Å². The summed E-state index contributed by atoms with van der Waals surface area (Å²) in [7, 11) is 0. The van der Waals surface area contributed by atoms with Gasteiger partial charge in [-0.05, 0) is 42.2 Å². The van der Waals surface area contributed by atoms with Gasteiger partial charge in [-0.1, -0.05) is 44.2 Å². The van der Waals surface area contributed by atoms with Gasteiger partial charge in [-0.2, -0.15) is 0 Å². The quantitative estimate of drug-likeness (QED) is 0.744. The number of hydrogen-bond donors (Lipinski definition) is 2. The molecule has 2 rings (SSSR count). The van der Waals surface area contributed by atoms with Gasteiger partial charge in [-0.3, -0.25) is 0 Å². The van der Waals surface area contributed by atoms with Crippen molar-refractivity contribution in [3.05, 3.63) is 60.2 Å². The third-order valence-electron chi connectivity index (χ3n) is 3.45. The van der Waals surface area contributed by atoms with Crippen LogP contribution in [0.15, 0.2) is 54.6 Å². The molecule has 0 aliphatic heterocycles. The lowest BCUT2D eigenvalue weighted by atomic mass is 10.0. The van der Waals surface area contributed by atoms with Crippen molar-refractivity contribution in [1.29, 1.82) is 0 Å². The summed E-state index contributed by atoms with van der Waals surface area (Å²) < 4.78 is 5.57. The highest BCUT2D eigenvalue weighted by Crippen LogP contribution is 2.16. The summed E-state index contributed by atoms with van der Waals surface area (Å²) >= 11 is 0. The number of anilines is 1. The van der Waals surface area contributed by atoms with E-state index in [1.807, 2.05) is 54.6 Å². The summed E-state index contributed by atoms with van der Waals surface area (Å²) in [5, 5.41) is 5.65. The van der Waals surface area contributed by atoms with E-state index in [0.29, 0.717) is 19.1 Å². The molecule has 2 N–H and O–H groups in total. The Kier molecular flexibility index (Phi) is 6.48. The van der Waals surface area contributed by atoms with E-state index in [-0.39, 0.29) is 6.03 Å². The smallest absolute Gasteiger partial charge is 0.319 e. The van der Waals surface area contributed by atoms with Crippen molar-refractivity contribution in [3.8, 4) is 5.75 Å². The van der Waals surface area contributed by atoms with Crippen LogP contribution in [0.4, 0.5) is 10.5 Å². The second kappa shape index (κ2) is 8.83. The predicted octanol–water partition coefficient (Wildman–Crippen LogP) is 4.40. The van der Waals surface area contributed by atoms with E-state index in [1.54, 1.807) is 0 Å². The van der Waals surface area contributed by atoms with E-state index in [1.165, 1.54) is 5.56 Å². The van der Waals surface area contributed by atoms with E-state index in [9.17, 15) is 4.79 Å². The SMILES string of the molecule is CC(C)c1ccc(NC(=O)NCCCOc2ccccc2)cc1. The van der Waals surface area contributed by atoms with Gasteiger partial charge >= 0.3 is 6.03 Å². The lowest BCUT2D eigenvalue weighted by Crippen LogP contribution is -2.30. The zero-order valence-electron chi connectivity index (χ0n) is 13.7.